The van der Waals surface area contributed by atoms with Crippen LogP contribution in [0.15, 0.2) is 24.3 Å². The van der Waals surface area contributed by atoms with Crippen molar-refractivity contribution in [1.82, 2.24) is 0 Å². The second kappa shape index (κ2) is 6.99. The summed E-state index contributed by atoms with van der Waals surface area (Å²) >= 11 is 0. The average molecular weight is 302 g/mol. The van der Waals surface area contributed by atoms with Crippen molar-refractivity contribution in [2.24, 2.45) is 0 Å². The molecule has 0 bridgehead atoms. The first kappa shape index (κ1) is 16.6. The zero-order chi connectivity index (χ0) is 16.2. The molecule has 0 aromatic heterocycles. The number of phenolic OH excluding ortho intramolecular Hbond substituents is 1. The molecule has 1 fully saturated rings. The molecule has 1 aromatic carbocycles. The van der Waals surface area contributed by atoms with Crippen LogP contribution >= 0.6 is 0 Å². The van der Waals surface area contributed by atoms with Gasteiger partial charge >= 0.3 is 5.97 Å². The molecule has 3 heteroatoms. The Hall–Kier alpha value is -1.77. The van der Waals surface area contributed by atoms with Gasteiger partial charge in [-0.15, -0.1) is 0 Å². The minimum atomic E-state index is -0.507. The van der Waals surface area contributed by atoms with Crippen LogP contribution in [0.4, 0.5) is 0 Å². The van der Waals surface area contributed by atoms with Gasteiger partial charge < -0.3 is 9.84 Å². The lowest BCUT2D eigenvalue weighted by Gasteiger charge is -2.22. The minimum absolute atomic E-state index is 0.194. The van der Waals surface area contributed by atoms with E-state index in [1.807, 2.05) is 32.9 Å². The Morgan fingerprint density at radius 2 is 1.91 bits per heavy atom. The summed E-state index contributed by atoms with van der Waals surface area (Å²) < 4.78 is 5.24. The molecule has 0 aliphatic heterocycles. The standard InChI is InChI=1S/C19H26O3/c1-19(2,3)22-18(21)12-10-16-13-15(9-11-17(16)20)14-7-5-4-6-8-14/h9-14,20H,4-8H2,1-3H3/b12-10+. The maximum Gasteiger partial charge on any atom is 0.331 e. The number of phenols is 1. The van der Waals surface area contributed by atoms with Crippen LogP contribution in [0.3, 0.4) is 0 Å². The number of esters is 1. The van der Waals surface area contributed by atoms with E-state index in [4.69, 9.17) is 4.74 Å². The number of aromatic hydroxyl groups is 1. The zero-order valence-corrected chi connectivity index (χ0v) is 13.8. The minimum Gasteiger partial charge on any atom is -0.507 e. The monoisotopic (exact) mass is 302 g/mol. The molecular weight excluding hydrogens is 276 g/mol. The fourth-order valence-electron chi connectivity index (χ4n) is 2.89. The Bertz CT molecular complexity index is 546. The predicted octanol–water partition coefficient (Wildman–Crippen LogP) is 4.79. The van der Waals surface area contributed by atoms with Gasteiger partial charge in [-0.2, -0.15) is 0 Å². The maximum absolute atomic E-state index is 11.7. The normalized spacial score (nSPS) is 16.9. The molecule has 0 radical (unpaired) electrons. The third-order valence-corrected chi connectivity index (χ3v) is 3.93. The molecule has 0 amide bonds. The summed E-state index contributed by atoms with van der Waals surface area (Å²) in [5, 5.41) is 9.98. The van der Waals surface area contributed by atoms with Crippen LogP contribution in [-0.4, -0.2) is 16.7 Å². The van der Waals surface area contributed by atoms with Gasteiger partial charge in [-0.1, -0.05) is 25.3 Å². The quantitative estimate of drug-likeness (QED) is 0.644. The lowest BCUT2D eigenvalue weighted by Crippen LogP contribution is -2.22. The summed E-state index contributed by atoms with van der Waals surface area (Å²) in [6.07, 6.45) is 9.30. The van der Waals surface area contributed by atoms with Crippen LogP contribution in [0.5, 0.6) is 5.75 Å². The van der Waals surface area contributed by atoms with E-state index in [1.54, 1.807) is 12.1 Å². The van der Waals surface area contributed by atoms with E-state index in [9.17, 15) is 9.90 Å². The first-order valence-electron chi connectivity index (χ1n) is 8.09. The first-order chi connectivity index (χ1) is 10.3. The second-order valence-corrected chi connectivity index (χ2v) is 7.02. The molecular formula is C19H26O3. The highest BCUT2D eigenvalue weighted by molar-refractivity contribution is 5.87. The Balaban J connectivity index is 2.11. The first-order valence-corrected chi connectivity index (χ1v) is 8.09. The second-order valence-electron chi connectivity index (χ2n) is 7.02. The number of rotatable bonds is 3. The van der Waals surface area contributed by atoms with Crippen LogP contribution in [-0.2, 0) is 9.53 Å². The third kappa shape index (κ3) is 4.90. The van der Waals surface area contributed by atoms with Gasteiger partial charge in [0.2, 0.25) is 0 Å². The Morgan fingerprint density at radius 3 is 2.55 bits per heavy atom. The van der Waals surface area contributed by atoms with Gasteiger partial charge in [-0.05, 0) is 63.3 Å². The van der Waals surface area contributed by atoms with E-state index in [2.05, 4.69) is 0 Å². The molecule has 1 saturated carbocycles. The van der Waals surface area contributed by atoms with Crippen molar-refractivity contribution in [1.29, 1.82) is 0 Å². The molecule has 0 saturated heterocycles. The molecule has 1 N–H and O–H groups in total. The molecule has 0 unspecified atom stereocenters. The van der Waals surface area contributed by atoms with Gasteiger partial charge in [0.15, 0.2) is 0 Å². The van der Waals surface area contributed by atoms with Gasteiger partial charge in [0.1, 0.15) is 11.4 Å². The molecule has 2 rings (SSSR count). The largest absolute Gasteiger partial charge is 0.507 e. The van der Waals surface area contributed by atoms with E-state index in [0.29, 0.717) is 11.5 Å². The number of hydrogen-bond donors (Lipinski definition) is 1. The number of benzene rings is 1. The van der Waals surface area contributed by atoms with Crippen LogP contribution in [0, 0.1) is 0 Å². The molecule has 0 heterocycles. The van der Waals surface area contributed by atoms with Gasteiger partial charge in [-0.25, -0.2) is 4.79 Å². The van der Waals surface area contributed by atoms with E-state index >= 15 is 0 Å². The molecule has 1 aliphatic carbocycles. The number of ether oxygens (including phenoxy) is 1. The Morgan fingerprint density at radius 1 is 1.23 bits per heavy atom. The van der Waals surface area contributed by atoms with Crippen molar-refractivity contribution >= 4 is 12.0 Å². The van der Waals surface area contributed by atoms with Crippen molar-refractivity contribution in [3.8, 4) is 5.75 Å². The topological polar surface area (TPSA) is 46.5 Å². The van der Waals surface area contributed by atoms with Crippen molar-refractivity contribution < 1.29 is 14.6 Å². The summed E-state index contributed by atoms with van der Waals surface area (Å²) in [5.74, 6) is 0.373. The van der Waals surface area contributed by atoms with Gasteiger partial charge in [0, 0.05) is 11.6 Å². The summed E-state index contributed by atoms with van der Waals surface area (Å²) in [6, 6.07) is 5.71. The zero-order valence-electron chi connectivity index (χ0n) is 13.8. The third-order valence-electron chi connectivity index (χ3n) is 3.93. The van der Waals surface area contributed by atoms with Crippen molar-refractivity contribution in [2.45, 2.75) is 64.4 Å². The lowest BCUT2D eigenvalue weighted by atomic mass is 9.83. The molecule has 0 spiro atoms. The maximum atomic E-state index is 11.7. The molecule has 1 aromatic rings. The molecule has 1 aliphatic rings. The number of carbonyl (C=O) groups excluding carboxylic acids is 1. The van der Waals surface area contributed by atoms with Crippen LogP contribution < -0.4 is 0 Å². The summed E-state index contributed by atoms with van der Waals surface area (Å²) in [6.45, 7) is 5.50. The van der Waals surface area contributed by atoms with Gasteiger partial charge in [0.25, 0.3) is 0 Å². The lowest BCUT2D eigenvalue weighted by molar-refractivity contribution is -0.148. The molecule has 0 atom stereocenters. The van der Waals surface area contributed by atoms with Crippen LogP contribution in [0.2, 0.25) is 0 Å². The van der Waals surface area contributed by atoms with E-state index in [1.165, 1.54) is 43.7 Å². The highest BCUT2D eigenvalue weighted by Crippen LogP contribution is 2.34. The van der Waals surface area contributed by atoms with E-state index < -0.39 is 11.6 Å². The molecule has 3 nitrogen and oxygen atoms in total. The smallest absolute Gasteiger partial charge is 0.331 e. The van der Waals surface area contributed by atoms with Gasteiger partial charge in [-0.3, -0.25) is 0 Å². The van der Waals surface area contributed by atoms with Crippen molar-refractivity contribution in [2.75, 3.05) is 0 Å². The Labute approximate surface area is 133 Å². The van der Waals surface area contributed by atoms with Crippen LogP contribution in [0.25, 0.3) is 6.08 Å². The van der Waals surface area contributed by atoms with E-state index in [0.717, 1.165) is 0 Å². The fourth-order valence-corrected chi connectivity index (χ4v) is 2.89. The van der Waals surface area contributed by atoms with E-state index in [-0.39, 0.29) is 5.75 Å². The SMILES string of the molecule is CC(C)(C)OC(=O)/C=C/c1cc(C2CCCCC2)ccc1O. The van der Waals surface area contributed by atoms with Crippen LogP contribution in [0.1, 0.15) is 69.9 Å². The molecule has 22 heavy (non-hydrogen) atoms. The highest BCUT2D eigenvalue weighted by Gasteiger charge is 2.17. The molecule has 120 valence electrons. The summed E-state index contributed by atoms with van der Waals surface area (Å²) in [7, 11) is 0. The van der Waals surface area contributed by atoms with Crippen molar-refractivity contribution in [3.05, 3.63) is 35.4 Å². The van der Waals surface area contributed by atoms with Crippen molar-refractivity contribution in [3.63, 3.8) is 0 Å². The number of hydrogen-bond acceptors (Lipinski definition) is 3. The predicted molar refractivity (Wildman–Crippen MR) is 88.8 cm³/mol. The number of carbonyl (C=O) groups is 1. The fraction of sp³-hybridized carbons (Fsp3) is 0.526. The Kier molecular flexibility index (Phi) is 5.28. The van der Waals surface area contributed by atoms with Gasteiger partial charge in [0.05, 0.1) is 0 Å². The highest BCUT2D eigenvalue weighted by atomic mass is 16.6. The summed E-state index contributed by atoms with van der Waals surface area (Å²) in [4.78, 5) is 11.7. The average Bonchev–Trinajstić information content (AvgIpc) is 2.45. The summed E-state index contributed by atoms with van der Waals surface area (Å²) in [5.41, 5.74) is 1.42.